The summed E-state index contributed by atoms with van der Waals surface area (Å²) in [5, 5.41) is 2.25. The van der Waals surface area contributed by atoms with Crippen molar-refractivity contribution in [2.45, 2.75) is 13.1 Å². The van der Waals surface area contributed by atoms with Crippen LogP contribution in [0.4, 0.5) is 18.9 Å². The maximum Gasteiger partial charge on any atom is 0.418 e. The first kappa shape index (κ1) is 20.2. The molecule has 0 heterocycles. The van der Waals surface area contributed by atoms with Crippen molar-refractivity contribution in [1.82, 2.24) is 4.90 Å². The zero-order valence-corrected chi connectivity index (χ0v) is 16.0. The fourth-order valence-corrected chi connectivity index (χ4v) is 2.88. The molecule has 0 spiro atoms. The molecule has 0 aliphatic carbocycles. The van der Waals surface area contributed by atoms with Gasteiger partial charge in [0.2, 0.25) is 5.91 Å². The normalized spacial score (nSPS) is 11.1. The van der Waals surface area contributed by atoms with Crippen LogP contribution >= 0.6 is 22.6 Å². The van der Waals surface area contributed by atoms with Gasteiger partial charge in [0.1, 0.15) is 6.54 Å². The van der Waals surface area contributed by atoms with E-state index in [0.717, 1.165) is 9.64 Å². The van der Waals surface area contributed by atoms with Crippen LogP contribution in [0.25, 0.3) is 0 Å². The number of hydrogen-bond acceptors (Lipinski definition) is 2. The first-order chi connectivity index (χ1) is 12.2. The summed E-state index contributed by atoms with van der Waals surface area (Å²) in [5.74, 6) is -1.05. The number of para-hydroxylation sites is 1. The molecule has 0 aliphatic heterocycles. The molecule has 2 aromatic rings. The van der Waals surface area contributed by atoms with Crippen LogP contribution in [0.15, 0.2) is 48.5 Å². The van der Waals surface area contributed by atoms with Gasteiger partial charge < -0.3 is 10.2 Å². The molecule has 0 unspecified atom stereocenters. The average Bonchev–Trinajstić information content (AvgIpc) is 2.58. The highest BCUT2D eigenvalue weighted by atomic mass is 127. The van der Waals surface area contributed by atoms with Crippen molar-refractivity contribution < 1.29 is 22.8 Å². The van der Waals surface area contributed by atoms with Gasteiger partial charge in [0, 0.05) is 15.7 Å². The van der Waals surface area contributed by atoms with E-state index in [1.807, 2.05) is 6.07 Å². The van der Waals surface area contributed by atoms with Crippen molar-refractivity contribution in [3.63, 3.8) is 0 Å². The highest BCUT2D eigenvalue weighted by Crippen LogP contribution is 2.34. The van der Waals surface area contributed by atoms with Crippen LogP contribution in [0.5, 0.6) is 0 Å². The Hall–Kier alpha value is -2.10. The second kappa shape index (κ2) is 8.52. The van der Waals surface area contributed by atoms with Crippen LogP contribution in [-0.4, -0.2) is 29.8 Å². The number of hydrogen-bond donors (Lipinski definition) is 1. The number of benzene rings is 2. The lowest BCUT2D eigenvalue weighted by atomic mass is 10.1. The molecule has 138 valence electrons. The van der Waals surface area contributed by atoms with E-state index >= 15 is 0 Å². The molecule has 0 aliphatic rings. The molecule has 0 bridgehead atoms. The van der Waals surface area contributed by atoms with Crippen molar-refractivity contribution in [1.29, 1.82) is 0 Å². The number of nitrogens with zero attached hydrogens (tertiary/aromatic N) is 1. The number of halogens is 4. The van der Waals surface area contributed by atoms with Crippen LogP contribution in [-0.2, 0) is 11.0 Å². The maximum absolute atomic E-state index is 13.0. The molecular formula is C18H16F3IN2O2. The van der Waals surface area contributed by atoms with E-state index in [0.29, 0.717) is 5.56 Å². The van der Waals surface area contributed by atoms with E-state index in [9.17, 15) is 22.8 Å². The fourth-order valence-electron chi connectivity index (χ4n) is 2.33. The lowest BCUT2D eigenvalue weighted by molar-refractivity contribution is -0.137. The number of nitrogens with one attached hydrogen (secondary N) is 1. The highest BCUT2D eigenvalue weighted by Gasteiger charge is 2.33. The molecule has 4 nitrogen and oxygen atoms in total. The Bertz CT molecular complexity index is 809. The van der Waals surface area contributed by atoms with Crippen LogP contribution in [0, 0.1) is 3.57 Å². The smallest absolute Gasteiger partial charge is 0.330 e. The first-order valence-electron chi connectivity index (χ1n) is 7.73. The average molecular weight is 476 g/mol. The summed E-state index contributed by atoms with van der Waals surface area (Å²) in [6, 6.07) is 11.6. The van der Waals surface area contributed by atoms with Gasteiger partial charge in [0.15, 0.2) is 0 Å². The van der Waals surface area contributed by atoms with Crippen LogP contribution in [0.3, 0.4) is 0 Å². The Morgan fingerprint density at radius 1 is 1.12 bits per heavy atom. The quantitative estimate of drug-likeness (QED) is 0.651. The van der Waals surface area contributed by atoms with Gasteiger partial charge in [0.05, 0.1) is 11.3 Å². The third-order valence-electron chi connectivity index (χ3n) is 3.58. The molecule has 2 aromatic carbocycles. The number of anilines is 1. The number of alkyl halides is 3. The molecule has 2 amide bonds. The fraction of sp³-hybridized carbons (Fsp3) is 0.222. The Kier molecular flexibility index (Phi) is 6.63. The summed E-state index contributed by atoms with van der Waals surface area (Å²) in [6.45, 7) is 1.61. The van der Waals surface area contributed by atoms with Crippen molar-refractivity contribution in [2.75, 3.05) is 18.4 Å². The molecule has 0 aromatic heterocycles. The molecule has 0 fully saturated rings. The van der Waals surface area contributed by atoms with Gasteiger partial charge in [-0.15, -0.1) is 0 Å². The Balaban J connectivity index is 2.12. The van der Waals surface area contributed by atoms with Crippen molar-refractivity contribution in [3.8, 4) is 0 Å². The predicted octanol–water partition coefficient (Wildman–Crippen LogP) is 4.41. The minimum atomic E-state index is -4.58. The lowest BCUT2D eigenvalue weighted by Crippen LogP contribution is -2.38. The first-order valence-corrected chi connectivity index (χ1v) is 8.81. The Morgan fingerprint density at radius 2 is 1.81 bits per heavy atom. The standard InChI is InChI=1S/C18H16F3IN2O2/c1-2-24(17(26)12-6-5-7-13(22)10-12)11-16(25)23-15-9-4-3-8-14(15)18(19,20)21/h3-10H,2,11H2,1H3,(H,23,25). The highest BCUT2D eigenvalue weighted by molar-refractivity contribution is 14.1. The second-order valence-electron chi connectivity index (χ2n) is 5.42. The Labute approximate surface area is 162 Å². The number of rotatable bonds is 5. The van der Waals surface area contributed by atoms with E-state index in [1.54, 1.807) is 25.1 Å². The van der Waals surface area contributed by atoms with Gasteiger partial charge in [-0.3, -0.25) is 9.59 Å². The number of carbonyl (C=O) groups is 2. The van der Waals surface area contributed by atoms with Gasteiger partial charge in [-0.25, -0.2) is 0 Å². The third kappa shape index (κ3) is 5.20. The lowest BCUT2D eigenvalue weighted by Gasteiger charge is -2.21. The predicted molar refractivity (Wildman–Crippen MR) is 101 cm³/mol. The monoisotopic (exact) mass is 476 g/mol. The van der Waals surface area contributed by atoms with E-state index < -0.39 is 17.6 Å². The molecular weight excluding hydrogens is 460 g/mol. The molecule has 8 heteroatoms. The van der Waals surface area contributed by atoms with E-state index in [1.165, 1.54) is 23.1 Å². The minimum absolute atomic E-state index is 0.249. The van der Waals surface area contributed by atoms with Crippen molar-refractivity contribution in [2.24, 2.45) is 0 Å². The van der Waals surface area contributed by atoms with Crippen molar-refractivity contribution in [3.05, 3.63) is 63.2 Å². The maximum atomic E-state index is 13.0. The molecule has 0 saturated heterocycles. The van der Waals surface area contributed by atoms with Crippen molar-refractivity contribution >= 4 is 40.1 Å². The molecule has 2 rings (SSSR count). The van der Waals surface area contributed by atoms with Gasteiger partial charge in [-0.05, 0) is 59.8 Å². The SMILES string of the molecule is CCN(CC(=O)Nc1ccccc1C(F)(F)F)C(=O)c1cccc(I)c1. The zero-order chi connectivity index (χ0) is 19.3. The topological polar surface area (TPSA) is 49.4 Å². The largest absolute Gasteiger partial charge is 0.418 e. The number of carbonyl (C=O) groups excluding carboxylic acids is 2. The molecule has 1 N–H and O–H groups in total. The van der Waals surface area contributed by atoms with E-state index in [-0.39, 0.29) is 24.7 Å². The van der Waals surface area contributed by atoms with Gasteiger partial charge in [-0.2, -0.15) is 13.2 Å². The third-order valence-corrected chi connectivity index (χ3v) is 4.25. The number of amides is 2. The van der Waals surface area contributed by atoms with Gasteiger partial charge >= 0.3 is 6.18 Å². The summed E-state index contributed by atoms with van der Waals surface area (Å²) in [5.41, 5.74) is -0.842. The molecule has 0 radical (unpaired) electrons. The van der Waals surface area contributed by atoms with E-state index in [4.69, 9.17) is 0 Å². The van der Waals surface area contributed by atoms with Crippen LogP contribution in [0.2, 0.25) is 0 Å². The minimum Gasteiger partial charge on any atom is -0.330 e. The number of likely N-dealkylation sites (N-methyl/N-ethyl adjacent to an activating group) is 1. The molecule has 26 heavy (non-hydrogen) atoms. The van der Waals surface area contributed by atoms with E-state index in [2.05, 4.69) is 27.9 Å². The van der Waals surface area contributed by atoms with Crippen LogP contribution in [0.1, 0.15) is 22.8 Å². The summed E-state index contributed by atoms with van der Waals surface area (Å²) >= 11 is 2.07. The van der Waals surface area contributed by atoms with Gasteiger partial charge in [0.25, 0.3) is 5.91 Å². The van der Waals surface area contributed by atoms with Gasteiger partial charge in [-0.1, -0.05) is 18.2 Å². The Morgan fingerprint density at radius 3 is 2.42 bits per heavy atom. The molecule has 0 saturated carbocycles. The van der Waals surface area contributed by atoms with Crippen LogP contribution < -0.4 is 5.32 Å². The summed E-state index contributed by atoms with van der Waals surface area (Å²) in [4.78, 5) is 26.0. The summed E-state index contributed by atoms with van der Waals surface area (Å²) < 4.78 is 39.9. The molecule has 0 atom stereocenters. The second-order valence-corrected chi connectivity index (χ2v) is 6.67. The zero-order valence-electron chi connectivity index (χ0n) is 13.8. The summed E-state index contributed by atoms with van der Waals surface area (Å²) in [6.07, 6.45) is -4.58. The summed E-state index contributed by atoms with van der Waals surface area (Å²) in [7, 11) is 0.